The summed E-state index contributed by atoms with van der Waals surface area (Å²) >= 11 is 5.99. The van der Waals surface area contributed by atoms with Crippen molar-refractivity contribution in [1.82, 2.24) is 5.32 Å². The molecule has 1 heterocycles. The first-order valence-electron chi connectivity index (χ1n) is 8.03. The number of anilines is 1. The Bertz CT molecular complexity index is 636. The van der Waals surface area contributed by atoms with Crippen molar-refractivity contribution in [2.75, 3.05) is 18.0 Å². The second kappa shape index (κ2) is 7.30. The predicted octanol–water partition coefficient (Wildman–Crippen LogP) is 2.36. The summed E-state index contributed by atoms with van der Waals surface area (Å²) in [5.41, 5.74) is 6.18. The van der Waals surface area contributed by atoms with Gasteiger partial charge in [-0.05, 0) is 50.3 Å². The average Bonchev–Trinajstić information content (AvgIpc) is 3.30. The molecule has 3 rings (SSSR count). The molecule has 1 aliphatic heterocycles. The third-order valence-corrected chi connectivity index (χ3v) is 5.19. The summed E-state index contributed by atoms with van der Waals surface area (Å²) in [4.78, 5) is 26.8. The van der Waals surface area contributed by atoms with E-state index in [1.807, 2.05) is 13.0 Å². The molecule has 2 unspecified atom stereocenters. The molecule has 0 spiro atoms. The molecular weight excluding hydrogens is 349 g/mol. The summed E-state index contributed by atoms with van der Waals surface area (Å²) in [6, 6.07) is 7.14. The van der Waals surface area contributed by atoms with Gasteiger partial charge in [0, 0.05) is 23.8 Å². The molecule has 1 aromatic carbocycles. The van der Waals surface area contributed by atoms with Crippen molar-refractivity contribution in [3.63, 3.8) is 0 Å². The van der Waals surface area contributed by atoms with Crippen molar-refractivity contribution in [1.29, 1.82) is 0 Å². The summed E-state index contributed by atoms with van der Waals surface area (Å²) in [7, 11) is 0. The van der Waals surface area contributed by atoms with Crippen LogP contribution in [0.3, 0.4) is 0 Å². The van der Waals surface area contributed by atoms with Crippen LogP contribution >= 0.6 is 24.0 Å². The van der Waals surface area contributed by atoms with Crippen molar-refractivity contribution >= 4 is 41.5 Å². The zero-order chi connectivity index (χ0) is 16.6. The molecule has 1 aliphatic carbocycles. The van der Waals surface area contributed by atoms with Crippen LogP contribution in [0.4, 0.5) is 5.69 Å². The van der Waals surface area contributed by atoms with E-state index in [4.69, 9.17) is 17.3 Å². The van der Waals surface area contributed by atoms with Gasteiger partial charge in [0.15, 0.2) is 0 Å². The topological polar surface area (TPSA) is 75.4 Å². The zero-order valence-corrected chi connectivity index (χ0v) is 15.2. The highest BCUT2D eigenvalue weighted by atomic mass is 35.5. The van der Waals surface area contributed by atoms with E-state index in [2.05, 4.69) is 5.32 Å². The van der Waals surface area contributed by atoms with E-state index < -0.39 is 11.5 Å². The number of rotatable bonds is 5. The number of carbonyl (C=O) groups is 2. The minimum absolute atomic E-state index is 0. The van der Waals surface area contributed by atoms with Gasteiger partial charge >= 0.3 is 0 Å². The minimum Gasteiger partial charge on any atom is -0.349 e. The molecule has 1 saturated heterocycles. The first-order chi connectivity index (χ1) is 10.9. The largest absolute Gasteiger partial charge is 0.349 e. The molecule has 0 radical (unpaired) electrons. The predicted molar refractivity (Wildman–Crippen MR) is 97.5 cm³/mol. The molecule has 2 amide bonds. The van der Waals surface area contributed by atoms with Gasteiger partial charge in [0.1, 0.15) is 5.92 Å². The van der Waals surface area contributed by atoms with Gasteiger partial charge in [-0.15, -0.1) is 12.4 Å². The van der Waals surface area contributed by atoms with Gasteiger partial charge in [-0.3, -0.25) is 9.59 Å². The molecule has 1 saturated carbocycles. The van der Waals surface area contributed by atoms with Crippen LogP contribution in [0.25, 0.3) is 0 Å². The number of nitrogens with two attached hydrogens (primary N) is 1. The highest BCUT2D eigenvalue weighted by Crippen LogP contribution is 2.39. The van der Waals surface area contributed by atoms with Crippen LogP contribution in [-0.2, 0) is 9.59 Å². The van der Waals surface area contributed by atoms with Gasteiger partial charge in [0.05, 0.1) is 5.54 Å². The van der Waals surface area contributed by atoms with Crippen LogP contribution in [0.5, 0.6) is 0 Å². The van der Waals surface area contributed by atoms with Crippen LogP contribution in [-0.4, -0.2) is 30.4 Å². The Morgan fingerprint density at radius 2 is 2.12 bits per heavy atom. The van der Waals surface area contributed by atoms with Crippen molar-refractivity contribution in [3.8, 4) is 0 Å². The summed E-state index contributed by atoms with van der Waals surface area (Å²) in [6.07, 6.45) is 2.69. The molecule has 132 valence electrons. The Balaban J connectivity index is 0.00000208. The Hall–Kier alpha value is -1.30. The Morgan fingerprint density at radius 3 is 2.71 bits per heavy atom. The lowest BCUT2D eigenvalue weighted by Crippen LogP contribution is -2.55. The van der Waals surface area contributed by atoms with Crippen molar-refractivity contribution in [2.45, 2.75) is 31.7 Å². The number of amides is 2. The number of carbonyl (C=O) groups excluding carboxylic acids is 2. The van der Waals surface area contributed by atoms with Gasteiger partial charge in [-0.1, -0.05) is 17.7 Å². The zero-order valence-electron chi connectivity index (χ0n) is 13.6. The fourth-order valence-electron chi connectivity index (χ4n) is 3.23. The first-order valence-corrected chi connectivity index (χ1v) is 8.41. The summed E-state index contributed by atoms with van der Waals surface area (Å²) in [6.45, 7) is 2.89. The minimum atomic E-state index is -0.640. The van der Waals surface area contributed by atoms with Crippen LogP contribution in [0.2, 0.25) is 5.02 Å². The molecule has 0 aromatic heterocycles. The maximum absolute atomic E-state index is 12.6. The Morgan fingerprint density at radius 1 is 1.42 bits per heavy atom. The van der Waals surface area contributed by atoms with Gasteiger partial charge in [0.2, 0.25) is 11.8 Å². The smallest absolute Gasteiger partial charge is 0.239 e. The molecular formula is C17H23Cl2N3O2. The molecule has 2 aliphatic rings. The third-order valence-electron chi connectivity index (χ3n) is 4.95. The molecule has 2 fully saturated rings. The van der Waals surface area contributed by atoms with E-state index >= 15 is 0 Å². The van der Waals surface area contributed by atoms with E-state index in [1.165, 1.54) is 0 Å². The Kier molecular flexibility index (Phi) is 5.78. The quantitative estimate of drug-likeness (QED) is 0.780. The molecule has 24 heavy (non-hydrogen) atoms. The number of nitrogens with zero attached hydrogens (tertiary/aromatic N) is 1. The van der Waals surface area contributed by atoms with Crippen molar-refractivity contribution in [3.05, 3.63) is 29.3 Å². The maximum Gasteiger partial charge on any atom is 0.239 e. The molecule has 0 bridgehead atoms. The normalized spacial score (nSPS) is 22.7. The average molecular weight is 372 g/mol. The van der Waals surface area contributed by atoms with E-state index in [-0.39, 0.29) is 24.2 Å². The summed E-state index contributed by atoms with van der Waals surface area (Å²) in [5.74, 6) is -0.588. The highest BCUT2D eigenvalue weighted by Gasteiger charge is 2.45. The molecule has 3 N–H and O–H groups in total. The third kappa shape index (κ3) is 3.68. The fourth-order valence-corrected chi connectivity index (χ4v) is 3.42. The van der Waals surface area contributed by atoms with Gasteiger partial charge in [-0.2, -0.15) is 0 Å². The lowest BCUT2D eigenvalue weighted by atomic mass is 9.94. The maximum atomic E-state index is 12.6. The number of halogens is 2. The Labute approximate surface area is 153 Å². The van der Waals surface area contributed by atoms with E-state index in [1.54, 1.807) is 23.1 Å². The van der Waals surface area contributed by atoms with Gasteiger partial charge in [0.25, 0.3) is 0 Å². The first kappa shape index (κ1) is 19.0. The summed E-state index contributed by atoms with van der Waals surface area (Å²) < 4.78 is 0. The van der Waals surface area contributed by atoms with Crippen molar-refractivity contribution in [2.24, 2.45) is 17.6 Å². The van der Waals surface area contributed by atoms with Gasteiger partial charge < -0.3 is 16.0 Å². The second-order valence-corrected chi connectivity index (χ2v) is 7.13. The standard InChI is InChI=1S/C17H22ClN3O2.ClH/c1-17(10-19,11-5-6-11)20-15(22)14-7-8-21(16(14)23)13-4-2-3-12(18)9-13;/h2-4,9,11,14H,5-8,10,19H2,1H3,(H,20,22);1H. The highest BCUT2D eigenvalue weighted by molar-refractivity contribution is 6.31. The lowest BCUT2D eigenvalue weighted by molar-refractivity contribution is -0.133. The van der Waals surface area contributed by atoms with Crippen LogP contribution in [0.15, 0.2) is 24.3 Å². The number of hydrogen-bond donors (Lipinski definition) is 2. The van der Waals surface area contributed by atoms with Crippen LogP contribution < -0.4 is 16.0 Å². The van der Waals surface area contributed by atoms with Crippen LogP contribution in [0.1, 0.15) is 26.2 Å². The monoisotopic (exact) mass is 371 g/mol. The number of hydrogen-bond acceptors (Lipinski definition) is 3. The molecule has 5 nitrogen and oxygen atoms in total. The van der Waals surface area contributed by atoms with E-state index in [0.717, 1.165) is 18.5 Å². The SMILES string of the molecule is CC(CN)(NC(=O)C1CCN(c2cccc(Cl)c2)C1=O)C1CC1.Cl. The molecule has 7 heteroatoms. The molecule has 1 aromatic rings. The molecule has 2 atom stereocenters. The summed E-state index contributed by atoms with van der Waals surface area (Å²) in [5, 5.41) is 3.60. The van der Waals surface area contributed by atoms with E-state index in [0.29, 0.717) is 30.5 Å². The fraction of sp³-hybridized carbons (Fsp3) is 0.529. The van der Waals surface area contributed by atoms with Crippen molar-refractivity contribution < 1.29 is 9.59 Å². The number of nitrogens with one attached hydrogen (secondary N) is 1. The number of benzene rings is 1. The second-order valence-electron chi connectivity index (χ2n) is 6.70. The van der Waals surface area contributed by atoms with Crippen LogP contribution in [0, 0.1) is 11.8 Å². The van der Waals surface area contributed by atoms with E-state index in [9.17, 15) is 9.59 Å². The lowest BCUT2D eigenvalue weighted by Gasteiger charge is -2.30. The van der Waals surface area contributed by atoms with Gasteiger partial charge in [-0.25, -0.2) is 0 Å².